The van der Waals surface area contributed by atoms with Crippen LogP contribution in [0.25, 0.3) is 0 Å². The van der Waals surface area contributed by atoms with E-state index in [1.165, 1.54) is 64.2 Å². The maximum Gasteiger partial charge on any atom is 0.146 e. The normalized spacial score (nSPS) is 17.2. The van der Waals surface area contributed by atoms with E-state index in [0.717, 1.165) is 43.3 Å². The summed E-state index contributed by atoms with van der Waals surface area (Å²) in [5, 5.41) is 0. The zero-order valence-electron chi connectivity index (χ0n) is 20.0. The van der Waals surface area contributed by atoms with Gasteiger partial charge in [-0.15, -0.1) is 0 Å². The minimum absolute atomic E-state index is 0.473. The van der Waals surface area contributed by atoms with E-state index in [0.29, 0.717) is 11.6 Å². The third-order valence-corrected chi connectivity index (χ3v) is 6.06. The molecule has 0 amide bonds. The van der Waals surface area contributed by atoms with Crippen LogP contribution in [-0.4, -0.2) is 24.8 Å². The van der Waals surface area contributed by atoms with Gasteiger partial charge in [-0.1, -0.05) is 83.2 Å². The lowest BCUT2D eigenvalue weighted by atomic mass is 9.84. The fourth-order valence-corrected chi connectivity index (χ4v) is 5.18. The van der Waals surface area contributed by atoms with Gasteiger partial charge in [0.1, 0.15) is 6.79 Å². The van der Waals surface area contributed by atoms with E-state index in [9.17, 15) is 0 Å². The molecule has 5 atom stereocenters. The molecule has 170 valence electrons. The fourth-order valence-electron chi connectivity index (χ4n) is 4.54. The van der Waals surface area contributed by atoms with Crippen LogP contribution in [0.2, 0.25) is 0 Å². The second kappa shape index (κ2) is 19.4. The number of rotatable bonds is 20. The molecule has 0 aromatic carbocycles. The molecular weight excluding hydrogens is 412 g/mol. The van der Waals surface area contributed by atoms with Crippen molar-refractivity contribution in [2.24, 2.45) is 23.7 Å². The molecule has 0 heterocycles. The van der Waals surface area contributed by atoms with Gasteiger partial charge in [0, 0.05) is 18.0 Å². The summed E-state index contributed by atoms with van der Waals surface area (Å²) < 4.78 is 11.2. The Hall–Kier alpha value is 0.400. The van der Waals surface area contributed by atoms with Crippen molar-refractivity contribution in [3.05, 3.63) is 0 Å². The second-order valence-electron chi connectivity index (χ2n) is 9.64. The minimum atomic E-state index is 0.473. The lowest BCUT2D eigenvalue weighted by Crippen LogP contribution is -2.12. The molecule has 0 spiro atoms. The Bertz CT molecular complexity index is 322. The molecule has 2 nitrogen and oxygen atoms in total. The lowest BCUT2D eigenvalue weighted by Gasteiger charge is -2.23. The number of unbranched alkanes of at least 4 members (excludes halogenated alkanes) is 4. The Morgan fingerprint density at radius 1 is 0.607 bits per heavy atom. The summed E-state index contributed by atoms with van der Waals surface area (Å²) in [6.07, 6.45) is 14.2. The zero-order valence-corrected chi connectivity index (χ0v) is 21.6. The van der Waals surface area contributed by atoms with Crippen LogP contribution in [-0.2, 0) is 9.47 Å². The molecule has 0 saturated heterocycles. The predicted molar refractivity (Wildman–Crippen MR) is 128 cm³/mol. The smallest absolute Gasteiger partial charge is 0.146 e. The Balaban J connectivity index is 3.56. The summed E-state index contributed by atoms with van der Waals surface area (Å²) in [5.41, 5.74) is 0. The van der Waals surface area contributed by atoms with Crippen molar-refractivity contribution >= 4 is 15.9 Å². The SMILES string of the molecule is CCCCCCCOCOCCCC(C)CC(C)CC(C)CC(C)CC(C)Br. The van der Waals surface area contributed by atoms with Crippen LogP contribution in [0.1, 0.15) is 112 Å². The van der Waals surface area contributed by atoms with Crippen molar-refractivity contribution in [3.63, 3.8) is 0 Å². The van der Waals surface area contributed by atoms with Gasteiger partial charge in [0.05, 0.1) is 0 Å². The maximum atomic E-state index is 5.63. The first-order chi connectivity index (χ1) is 13.3. The van der Waals surface area contributed by atoms with Crippen molar-refractivity contribution in [2.75, 3.05) is 20.0 Å². The Kier molecular flexibility index (Phi) is 19.6. The van der Waals surface area contributed by atoms with Gasteiger partial charge >= 0.3 is 0 Å². The Labute approximate surface area is 186 Å². The van der Waals surface area contributed by atoms with E-state index < -0.39 is 0 Å². The van der Waals surface area contributed by atoms with Gasteiger partial charge in [-0.3, -0.25) is 0 Å². The van der Waals surface area contributed by atoms with E-state index in [-0.39, 0.29) is 0 Å². The molecular formula is C25H51BrO2. The molecule has 0 aliphatic carbocycles. The van der Waals surface area contributed by atoms with Crippen LogP contribution in [0.5, 0.6) is 0 Å². The summed E-state index contributed by atoms with van der Waals surface area (Å²) in [6, 6.07) is 0. The fraction of sp³-hybridized carbons (Fsp3) is 1.00. The molecule has 3 heteroatoms. The van der Waals surface area contributed by atoms with Gasteiger partial charge in [-0.25, -0.2) is 0 Å². The molecule has 0 N–H and O–H groups in total. The molecule has 0 saturated carbocycles. The number of hydrogen-bond donors (Lipinski definition) is 0. The summed E-state index contributed by atoms with van der Waals surface area (Å²) in [4.78, 5) is 0.644. The minimum Gasteiger partial charge on any atom is -0.355 e. The van der Waals surface area contributed by atoms with E-state index in [1.807, 2.05) is 0 Å². The van der Waals surface area contributed by atoms with Crippen LogP contribution in [0.15, 0.2) is 0 Å². The highest BCUT2D eigenvalue weighted by molar-refractivity contribution is 9.09. The molecule has 5 unspecified atom stereocenters. The molecule has 0 aromatic heterocycles. The van der Waals surface area contributed by atoms with Crippen LogP contribution in [0, 0.1) is 23.7 Å². The first-order valence-corrected chi connectivity index (χ1v) is 13.1. The van der Waals surface area contributed by atoms with Crippen molar-refractivity contribution in [1.82, 2.24) is 0 Å². The second-order valence-corrected chi connectivity index (χ2v) is 11.2. The van der Waals surface area contributed by atoms with E-state index in [2.05, 4.69) is 57.5 Å². The van der Waals surface area contributed by atoms with Gasteiger partial charge in [0.2, 0.25) is 0 Å². The lowest BCUT2D eigenvalue weighted by molar-refractivity contribution is -0.0561. The molecule has 0 aliphatic heterocycles. The molecule has 0 bridgehead atoms. The Morgan fingerprint density at radius 3 is 1.68 bits per heavy atom. The third kappa shape index (κ3) is 19.7. The topological polar surface area (TPSA) is 18.5 Å². The first-order valence-electron chi connectivity index (χ1n) is 12.1. The van der Waals surface area contributed by atoms with Crippen molar-refractivity contribution in [2.45, 2.75) is 117 Å². The average Bonchev–Trinajstić information content (AvgIpc) is 2.58. The monoisotopic (exact) mass is 462 g/mol. The van der Waals surface area contributed by atoms with Crippen LogP contribution >= 0.6 is 15.9 Å². The van der Waals surface area contributed by atoms with Gasteiger partial charge in [-0.05, 0) is 68.6 Å². The first kappa shape index (κ1) is 28.4. The average molecular weight is 464 g/mol. The van der Waals surface area contributed by atoms with E-state index in [1.54, 1.807) is 0 Å². The summed E-state index contributed by atoms with van der Waals surface area (Å²) in [7, 11) is 0. The quantitative estimate of drug-likeness (QED) is 0.102. The van der Waals surface area contributed by atoms with Crippen molar-refractivity contribution < 1.29 is 9.47 Å². The van der Waals surface area contributed by atoms with Crippen LogP contribution in [0.4, 0.5) is 0 Å². The number of hydrogen-bond acceptors (Lipinski definition) is 2. The van der Waals surface area contributed by atoms with Gasteiger partial charge < -0.3 is 9.47 Å². The molecule has 28 heavy (non-hydrogen) atoms. The molecule has 0 aromatic rings. The highest BCUT2D eigenvalue weighted by Gasteiger charge is 2.15. The molecule has 0 rings (SSSR count). The van der Waals surface area contributed by atoms with E-state index >= 15 is 0 Å². The van der Waals surface area contributed by atoms with Crippen molar-refractivity contribution in [1.29, 1.82) is 0 Å². The summed E-state index contributed by atoms with van der Waals surface area (Å²) >= 11 is 3.69. The largest absolute Gasteiger partial charge is 0.355 e. The molecule has 0 aliphatic rings. The van der Waals surface area contributed by atoms with E-state index in [4.69, 9.17) is 9.47 Å². The van der Waals surface area contributed by atoms with Crippen molar-refractivity contribution in [3.8, 4) is 0 Å². The van der Waals surface area contributed by atoms with Gasteiger partial charge in [0.25, 0.3) is 0 Å². The van der Waals surface area contributed by atoms with Gasteiger partial charge in [0.15, 0.2) is 0 Å². The van der Waals surface area contributed by atoms with Crippen LogP contribution < -0.4 is 0 Å². The number of ether oxygens (including phenoxy) is 2. The summed E-state index contributed by atoms with van der Waals surface area (Å²) in [6.45, 7) is 16.4. The van der Waals surface area contributed by atoms with Gasteiger partial charge in [-0.2, -0.15) is 0 Å². The maximum absolute atomic E-state index is 5.63. The molecule has 0 fully saturated rings. The number of halogens is 1. The molecule has 0 radical (unpaired) electrons. The summed E-state index contributed by atoms with van der Waals surface area (Å²) in [5.74, 6) is 3.29. The third-order valence-electron chi connectivity index (χ3n) is 5.69. The zero-order chi connectivity index (χ0) is 21.2. The van der Waals surface area contributed by atoms with Crippen LogP contribution in [0.3, 0.4) is 0 Å². The number of alkyl halides is 1. The standard InChI is InChI=1S/C25H51BrO2/c1-7-8-9-10-11-14-27-20-28-15-12-13-21(2)16-22(3)17-23(4)18-24(5)19-25(6)26/h21-25H,7-20H2,1-6H3. The highest BCUT2D eigenvalue weighted by Crippen LogP contribution is 2.27. The highest BCUT2D eigenvalue weighted by atomic mass is 79.9. The predicted octanol–water partition coefficient (Wildman–Crippen LogP) is 8.62. The Morgan fingerprint density at radius 2 is 1.11 bits per heavy atom.